The van der Waals surface area contributed by atoms with Crippen LogP contribution in [-0.4, -0.2) is 20.9 Å². The fraction of sp³-hybridized carbons (Fsp3) is 0.211. The predicted octanol–water partition coefficient (Wildman–Crippen LogP) is 2.73. The molecule has 0 saturated heterocycles. The quantitative estimate of drug-likeness (QED) is 0.744. The molecule has 5 nitrogen and oxygen atoms in total. The summed E-state index contributed by atoms with van der Waals surface area (Å²) in [6.07, 6.45) is 1.51. The SMILES string of the molecule is Cc1ccc(C=CS(=O)(=O)NCCC(=O)NCc2ccc(F)cc2)cc1. The molecule has 0 saturated carbocycles. The molecule has 0 aliphatic rings. The molecule has 1 amide bonds. The number of hydrogen-bond acceptors (Lipinski definition) is 3. The van der Waals surface area contributed by atoms with Gasteiger partial charge in [-0.25, -0.2) is 17.5 Å². The third-order valence-corrected chi connectivity index (χ3v) is 4.68. The van der Waals surface area contributed by atoms with Gasteiger partial charge in [0.2, 0.25) is 15.9 Å². The molecule has 7 heteroatoms. The molecule has 2 rings (SSSR count). The van der Waals surface area contributed by atoms with Crippen LogP contribution in [0.15, 0.2) is 53.9 Å². The zero-order valence-corrected chi connectivity index (χ0v) is 15.2. The van der Waals surface area contributed by atoms with E-state index in [0.717, 1.165) is 22.1 Å². The Labute approximate surface area is 153 Å². The molecule has 2 N–H and O–H groups in total. The maximum absolute atomic E-state index is 12.8. The standard InChI is InChI=1S/C19H21FN2O3S/c1-15-2-4-16(5-3-15)11-13-26(24,25)22-12-10-19(23)21-14-17-6-8-18(20)9-7-17/h2-9,11,13,22H,10,12,14H2,1H3,(H,21,23). The summed E-state index contributed by atoms with van der Waals surface area (Å²) in [5.74, 6) is -0.632. The van der Waals surface area contributed by atoms with E-state index in [1.54, 1.807) is 12.1 Å². The van der Waals surface area contributed by atoms with Crippen LogP contribution in [0.5, 0.6) is 0 Å². The molecule has 138 valence electrons. The minimum atomic E-state index is -3.61. The van der Waals surface area contributed by atoms with Crippen LogP contribution in [0, 0.1) is 12.7 Å². The van der Waals surface area contributed by atoms with Crippen LogP contribution >= 0.6 is 0 Å². The summed E-state index contributed by atoms with van der Waals surface area (Å²) in [7, 11) is -3.61. The zero-order valence-electron chi connectivity index (χ0n) is 14.4. The van der Waals surface area contributed by atoms with Crippen molar-refractivity contribution in [2.24, 2.45) is 0 Å². The molecule has 0 radical (unpaired) electrons. The van der Waals surface area contributed by atoms with Crippen LogP contribution < -0.4 is 10.0 Å². The highest BCUT2D eigenvalue weighted by Gasteiger charge is 2.07. The molecule has 2 aromatic rings. The van der Waals surface area contributed by atoms with Gasteiger partial charge in [-0.1, -0.05) is 42.0 Å². The highest BCUT2D eigenvalue weighted by Crippen LogP contribution is 2.06. The molecule has 2 aromatic carbocycles. The lowest BCUT2D eigenvalue weighted by Gasteiger charge is -2.06. The second-order valence-electron chi connectivity index (χ2n) is 5.81. The van der Waals surface area contributed by atoms with E-state index in [1.165, 1.54) is 18.2 Å². The summed E-state index contributed by atoms with van der Waals surface area (Å²) < 4.78 is 38.9. The number of rotatable bonds is 8. The summed E-state index contributed by atoms with van der Waals surface area (Å²) in [6.45, 7) is 2.21. The molecule has 0 unspecified atom stereocenters. The van der Waals surface area contributed by atoms with E-state index in [4.69, 9.17) is 0 Å². The van der Waals surface area contributed by atoms with Gasteiger partial charge in [0.1, 0.15) is 5.82 Å². The van der Waals surface area contributed by atoms with Gasteiger partial charge in [-0.05, 0) is 36.3 Å². The smallest absolute Gasteiger partial charge is 0.233 e. The van der Waals surface area contributed by atoms with E-state index in [1.807, 2.05) is 31.2 Å². The van der Waals surface area contributed by atoms with Gasteiger partial charge in [-0.15, -0.1) is 0 Å². The third-order valence-electron chi connectivity index (χ3n) is 3.58. The van der Waals surface area contributed by atoms with E-state index in [9.17, 15) is 17.6 Å². The molecule has 0 fully saturated rings. The Balaban J connectivity index is 1.74. The van der Waals surface area contributed by atoms with Crippen molar-refractivity contribution in [3.05, 3.63) is 76.4 Å². The number of aryl methyl sites for hydroxylation is 1. The molecule has 0 aliphatic heterocycles. The van der Waals surface area contributed by atoms with Crippen molar-refractivity contribution in [3.8, 4) is 0 Å². The van der Waals surface area contributed by atoms with E-state index >= 15 is 0 Å². The van der Waals surface area contributed by atoms with Crippen LogP contribution in [0.1, 0.15) is 23.1 Å². The summed E-state index contributed by atoms with van der Waals surface area (Å²) in [6, 6.07) is 13.2. The van der Waals surface area contributed by atoms with Gasteiger partial charge >= 0.3 is 0 Å². The monoisotopic (exact) mass is 376 g/mol. The van der Waals surface area contributed by atoms with Crippen molar-refractivity contribution in [1.82, 2.24) is 10.0 Å². The summed E-state index contributed by atoms with van der Waals surface area (Å²) in [5.41, 5.74) is 2.63. The molecule has 26 heavy (non-hydrogen) atoms. The zero-order chi connectivity index (χ0) is 19.0. The lowest BCUT2D eigenvalue weighted by molar-refractivity contribution is -0.121. The Morgan fingerprint density at radius 2 is 1.73 bits per heavy atom. The molecular weight excluding hydrogens is 355 g/mol. The second-order valence-corrected chi connectivity index (χ2v) is 7.46. The van der Waals surface area contributed by atoms with Crippen molar-refractivity contribution in [3.63, 3.8) is 0 Å². The molecule has 0 atom stereocenters. The first-order valence-electron chi connectivity index (χ1n) is 8.10. The van der Waals surface area contributed by atoms with Gasteiger partial charge in [0.05, 0.1) is 0 Å². The van der Waals surface area contributed by atoms with Crippen molar-refractivity contribution in [2.45, 2.75) is 19.9 Å². The minimum absolute atomic E-state index is 0.00414. The number of halogens is 1. The Kier molecular flexibility index (Phi) is 7.06. The number of sulfonamides is 1. The van der Waals surface area contributed by atoms with Crippen molar-refractivity contribution in [1.29, 1.82) is 0 Å². The average Bonchev–Trinajstić information content (AvgIpc) is 2.61. The van der Waals surface area contributed by atoms with Crippen molar-refractivity contribution >= 4 is 22.0 Å². The Bertz CT molecular complexity index is 861. The van der Waals surface area contributed by atoms with E-state index in [2.05, 4.69) is 10.0 Å². The van der Waals surface area contributed by atoms with Crippen LogP contribution in [0.3, 0.4) is 0 Å². The lowest BCUT2D eigenvalue weighted by atomic mass is 10.2. The molecule has 0 spiro atoms. The number of hydrogen-bond donors (Lipinski definition) is 2. The molecule has 0 bridgehead atoms. The topological polar surface area (TPSA) is 75.3 Å². The van der Waals surface area contributed by atoms with Crippen LogP contribution in [-0.2, 0) is 21.4 Å². The van der Waals surface area contributed by atoms with Gasteiger partial charge in [-0.2, -0.15) is 0 Å². The normalized spacial score (nSPS) is 11.6. The number of nitrogens with one attached hydrogen (secondary N) is 2. The molecule has 0 aliphatic carbocycles. The van der Waals surface area contributed by atoms with Crippen LogP contribution in [0.2, 0.25) is 0 Å². The molecular formula is C19H21FN2O3S. The van der Waals surface area contributed by atoms with Gasteiger partial charge in [-0.3, -0.25) is 4.79 Å². The highest BCUT2D eigenvalue weighted by atomic mass is 32.2. The fourth-order valence-corrected chi connectivity index (χ4v) is 2.91. The maximum Gasteiger partial charge on any atom is 0.233 e. The second kappa shape index (κ2) is 9.26. The predicted molar refractivity (Wildman–Crippen MR) is 100.0 cm³/mol. The van der Waals surface area contributed by atoms with Crippen LogP contribution in [0.4, 0.5) is 4.39 Å². The molecule has 0 heterocycles. The van der Waals surface area contributed by atoms with Crippen LogP contribution in [0.25, 0.3) is 6.08 Å². The first-order chi connectivity index (χ1) is 12.3. The molecule has 0 aromatic heterocycles. The average molecular weight is 376 g/mol. The Morgan fingerprint density at radius 1 is 1.08 bits per heavy atom. The van der Waals surface area contributed by atoms with Crippen molar-refractivity contribution < 1.29 is 17.6 Å². The fourth-order valence-electron chi connectivity index (χ4n) is 2.09. The van der Waals surface area contributed by atoms with Crippen molar-refractivity contribution in [2.75, 3.05) is 6.54 Å². The first-order valence-corrected chi connectivity index (χ1v) is 9.64. The third kappa shape index (κ3) is 7.16. The van der Waals surface area contributed by atoms with Gasteiger partial charge in [0, 0.05) is 24.9 Å². The Hall–Kier alpha value is -2.51. The van der Waals surface area contributed by atoms with E-state index in [-0.39, 0.29) is 31.2 Å². The Morgan fingerprint density at radius 3 is 2.38 bits per heavy atom. The number of benzene rings is 2. The summed E-state index contributed by atoms with van der Waals surface area (Å²) in [5, 5.41) is 3.73. The van der Waals surface area contributed by atoms with E-state index in [0.29, 0.717) is 0 Å². The van der Waals surface area contributed by atoms with Gasteiger partial charge in [0.15, 0.2) is 0 Å². The minimum Gasteiger partial charge on any atom is -0.352 e. The largest absolute Gasteiger partial charge is 0.352 e. The highest BCUT2D eigenvalue weighted by molar-refractivity contribution is 7.92. The summed E-state index contributed by atoms with van der Waals surface area (Å²) >= 11 is 0. The number of carbonyl (C=O) groups is 1. The summed E-state index contributed by atoms with van der Waals surface area (Å²) in [4.78, 5) is 11.7. The van der Waals surface area contributed by atoms with E-state index < -0.39 is 10.0 Å². The van der Waals surface area contributed by atoms with Gasteiger partial charge < -0.3 is 5.32 Å². The maximum atomic E-state index is 12.8. The van der Waals surface area contributed by atoms with Gasteiger partial charge in [0.25, 0.3) is 0 Å². The lowest BCUT2D eigenvalue weighted by Crippen LogP contribution is -2.29. The number of carbonyl (C=O) groups excluding carboxylic acids is 1. The number of amides is 1. The first kappa shape index (κ1) is 19.8.